The van der Waals surface area contributed by atoms with Crippen LogP contribution in [0.2, 0.25) is 0 Å². The molecule has 0 saturated carbocycles. The molecule has 146 valence electrons. The van der Waals surface area contributed by atoms with Crippen molar-refractivity contribution in [3.63, 3.8) is 0 Å². The van der Waals surface area contributed by atoms with Gasteiger partial charge in [0, 0.05) is 26.2 Å². The second-order valence-electron chi connectivity index (χ2n) is 5.99. The highest BCUT2D eigenvalue weighted by Crippen LogP contribution is 2.19. The van der Waals surface area contributed by atoms with Crippen molar-refractivity contribution < 1.29 is 22.7 Å². The third-order valence-electron chi connectivity index (χ3n) is 3.77. The third kappa shape index (κ3) is 5.97. The van der Waals surface area contributed by atoms with E-state index in [1.807, 2.05) is 0 Å². The van der Waals surface area contributed by atoms with Crippen LogP contribution in [0.1, 0.15) is 12.8 Å². The summed E-state index contributed by atoms with van der Waals surface area (Å²) >= 11 is 0. The molecule has 2 aromatic rings. The number of benzene rings is 2. The molecule has 2 rings (SSSR count). The molecule has 2 aromatic carbocycles. The van der Waals surface area contributed by atoms with E-state index in [4.69, 9.17) is 9.47 Å². The molecule has 0 aliphatic heterocycles. The molecule has 0 heterocycles. The first-order valence-corrected chi connectivity index (χ1v) is 9.86. The van der Waals surface area contributed by atoms with Gasteiger partial charge in [0.1, 0.15) is 11.5 Å². The Kier molecular flexibility index (Phi) is 7.20. The fourth-order valence-corrected chi connectivity index (χ4v) is 3.21. The Morgan fingerprint density at radius 1 is 1.07 bits per heavy atom. The molecule has 0 aliphatic carbocycles. The van der Waals surface area contributed by atoms with E-state index in [1.54, 1.807) is 43.5 Å². The summed E-state index contributed by atoms with van der Waals surface area (Å²) in [5.74, 6) is 1.26. The van der Waals surface area contributed by atoms with Gasteiger partial charge in [0.25, 0.3) is 0 Å². The molecule has 0 bridgehead atoms. The molecule has 0 aromatic heterocycles. The van der Waals surface area contributed by atoms with E-state index in [9.17, 15) is 13.2 Å². The molecule has 27 heavy (non-hydrogen) atoms. The smallest absolute Gasteiger partial charge is 0.242 e. The van der Waals surface area contributed by atoms with E-state index in [-0.39, 0.29) is 17.2 Å². The molecule has 0 atom stereocenters. The van der Waals surface area contributed by atoms with Gasteiger partial charge >= 0.3 is 0 Å². The topological polar surface area (TPSA) is 84.9 Å². The minimum Gasteiger partial charge on any atom is -0.497 e. The molecule has 8 heteroatoms. The lowest BCUT2D eigenvalue weighted by Crippen LogP contribution is -2.22. The van der Waals surface area contributed by atoms with Crippen LogP contribution in [0.5, 0.6) is 11.5 Å². The van der Waals surface area contributed by atoms with Gasteiger partial charge in [0.05, 0.1) is 18.6 Å². The lowest BCUT2D eigenvalue weighted by molar-refractivity contribution is -0.116. The van der Waals surface area contributed by atoms with Gasteiger partial charge in [0.15, 0.2) is 0 Å². The molecule has 1 N–H and O–H groups in total. The van der Waals surface area contributed by atoms with Crippen LogP contribution in [0.4, 0.5) is 5.69 Å². The Labute approximate surface area is 160 Å². The summed E-state index contributed by atoms with van der Waals surface area (Å²) in [6, 6.07) is 13.4. The molecule has 0 spiro atoms. The van der Waals surface area contributed by atoms with Gasteiger partial charge in [-0.1, -0.05) is 6.07 Å². The molecule has 0 fully saturated rings. The minimum absolute atomic E-state index is 0.133. The molecule has 0 saturated heterocycles. The largest absolute Gasteiger partial charge is 0.497 e. The van der Waals surface area contributed by atoms with E-state index >= 15 is 0 Å². The SMILES string of the molecule is COc1ccc(OCCCC(=O)Nc2cccc(S(=O)(=O)N(C)C)c2)cc1. The second kappa shape index (κ2) is 9.38. The molecular formula is C19H24N2O5S. The van der Waals surface area contributed by atoms with Gasteiger partial charge in [-0.2, -0.15) is 0 Å². The van der Waals surface area contributed by atoms with E-state index < -0.39 is 10.0 Å². The van der Waals surface area contributed by atoms with Crippen molar-refractivity contribution in [3.8, 4) is 11.5 Å². The lowest BCUT2D eigenvalue weighted by Gasteiger charge is -2.12. The summed E-state index contributed by atoms with van der Waals surface area (Å²) in [5, 5.41) is 2.71. The van der Waals surface area contributed by atoms with Crippen LogP contribution < -0.4 is 14.8 Å². The molecule has 0 radical (unpaired) electrons. The Bertz CT molecular complexity index is 864. The number of carbonyl (C=O) groups is 1. The highest BCUT2D eigenvalue weighted by atomic mass is 32.2. The third-order valence-corrected chi connectivity index (χ3v) is 5.58. The summed E-state index contributed by atoms with van der Waals surface area (Å²) in [5.41, 5.74) is 0.444. The maximum atomic E-state index is 12.1. The lowest BCUT2D eigenvalue weighted by atomic mass is 10.2. The molecular weight excluding hydrogens is 368 g/mol. The van der Waals surface area contributed by atoms with Crippen LogP contribution in [0.25, 0.3) is 0 Å². The van der Waals surface area contributed by atoms with Crippen molar-refractivity contribution in [3.05, 3.63) is 48.5 Å². The average Bonchev–Trinajstić information content (AvgIpc) is 2.66. The van der Waals surface area contributed by atoms with Gasteiger partial charge in [-0.15, -0.1) is 0 Å². The van der Waals surface area contributed by atoms with E-state index in [2.05, 4.69) is 5.32 Å². The zero-order chi connectivity index (χ0) is 19.9. The van der Waals surface area contributed by atoms with Crippen molar-refractivity contribution in [2.45, 2.75) is 17.7 Å². The van der Waals surface area contributed by atoms with E-state index in [0.29, 0.717) is 24.5 Å². The van der Waals surface area contributed by atoms with Gasteiger partial charge in [-0.05, 0) is 48.9 Å². The first kappa shape index (κ1) is 20.7. The molecule has 0 aliphatic rings. The van der Waals surface area contributed by atoms with E-state index in [0.717, 1.165) is 10.1 Å². The Balaban J connectivity index is 1.82. The van der Waals surface area contributed by atoms with E-state index in [1.165, 1.54) is 26.2 Å². The number of hydrogen-bond acceptors (Lipinski definition) is 5. The fraction of sp³-hybridized carbons (Fsp3) is 0.316. The predicted molar refractivity (Wildman–Crippen MR) is 104 cm³/mol. The Morgan fingerprint density at radius 3 is 2.37 bits per heavy atom. The number of amides is 1. The number of methoxy groups -OCH3 is 1. The van der Waals surface area contributed by atoms with Crippen molar-refractivity contribution >= 4 is 21.6 Å². The normalized spacial score (nSPS) is 11.3. The number of carbonyl (C=O) groups excluding carboxylic acids is 1. The molecule has 1 amide bonds. The maximum Gasteiger partial charge on any atom is 0.242 e. The van der Waals surface area contributed by atoms with Crippen LogP contribution in [0.3, 0.4) is 0 Å². The first-order chi connectivity index (χ1) is 12.8. The summed E-state index contributed by atoms with van der Waals surface area (Å²) < 4.78 is 36.1. The Hall–Kier alpha value is -2.58. The summed E-state index contributed by atoms with van der Waals surface area (Å²) in [7, 11) is 0.982. The standard InChI is InChI=1S/C19H24N2O5S/c1-21(2)27(23,24)18-7-4-6-15(14-18)20-19(22)8-5-13-26-17-11-9-16(25-3)10-12-17/h4,6-7,9-12,14H,5,8,13H2,1-3H3,(H,20,22). The fourth-order valence-electron chi connectivity index (χ4n) is 2.26. The Morgan fingerprint density at radius 2 is 1.74 bits per heavy atom. The predicted octanol–water partition coefficient (Wildman–Crippen LogP) is 2.74. The number of anilines is 1. The van der Waals surface area contributed by atoms with Crippen LogP contribution >= 0.6 is 0 Å². The van der Waals surface area contributed by atoms with Crippen molar-refractivity contribution in [2.75, 3.05) is 33.1 Å². The van der Waals surface area contributed by atoms with Crippen LogP contribution in [0.15, 0.2) is 53.4 Å². The number of sulfonamides is 1. The van der Waals surface area contributed by atoms with Crippen LogP contribution in [0, 0.1) is 0 Å². The zero-order valence-corrected chi connectivity index (χ0v) is 16.5. The van der Waals surface area contributed by atoms with Crippen LogP contribution in [-0.4, -0.2) is 46.4 Å². The van der Waals surface area contributed by atoms with Gasteiger partial charge in [-0.3, -0.25) is 4.79 Å². The highest BCUT2D eigenvalue weighted by molar-refractivity contribution is 7.89. The molecule has 0 unspecified atom stereocenters. The van der Waals surface area contributed by atoms with Gasteiger partial charge in [0.2, 0.25) is 15.9 Å². The quantitative estimate of drug-likeness (QED) is 0.663. The van der Waals surface area contributed by atoms with Gasteiger partial charge < -0.3 is 14.8 Å². The first-order valence-electron chi connectivity index (χ1n) is 8.42. The van der Waals surface area contributed by atoms with Crippen molar-refractivity contribution in [2.24, 2.45) is 0 Å². The number of rotatable bonds is 9. The second-order valence-corrected chi connectivity index (χ2v) is 8.14. The van der Waals surface area contributed by atoms with Gasteiger partial charge in [-0.25, -0.2) is 12.7 Å². The summed E-state index contributed by atoms with van der Waals surface area (Å²) in [6.45, 7) is 0.398. The minimum atomic E-state index is -3.54. The van der Waals surface area contributed by atoms with Crippen LogP contribution in [-0.2, 0) is 14.8 Å². The number of ether oxygens (including phenoxy) is 2. The molecule has 7 nitrogen and oxygen atoms in total. The van der Waals surface area contributed by atoms with Crippen molar-refractivity contribution in [1.82, 2.24) is 4.31 Å². The highest BCUT2D eigenvalue weighted by Gasteiger charge is 2.17. The number of nitrogens with zero attached hydrogens (tertiary/aromatic N) is 1. The number of hydrogen-bond donors (Lipinski definition) is 1. The maximum absolute atomic E-state index is 12.1. The zero-order valence-electron chi connectivity index (χ0n) is 15.6. The number of nitrogens with one attached hydrogen (secondary N) is 1. The summed E-state index contributed by atoms with van der Waals surface area (Å²) in [4.78, 5) is 12.2. The van der Waals surface area contributed by atoms with Crippen molar-refractivity contribution in [1.29, 1.82) is 0 Å². The summed E-state index contributed by atoms with van der Waals surface area (Å²) in [6.07, 6.45) is 0.800. The monoisotopic (exact) mass is 392 g/mol. The average molecular weight is 392 g/mol.